The molecule has 4 heteroatoms. The fourth-order valence-corrected chi connectivity index (χ4v) is 2.07. The second-order valence-corrected chi connectivity index (χ2v) is 5.09. The summed E-state index contributed by atoms with van der Waals surface area (Å²) in [6, 6.07) is 6.06. The minimum absolute atomic E-state index is 0.0599. The summed E-state index contributed by atoms with van der Waals surface area (Å²) in [5, 5.41) is 3.25. The van der Waals surface area contributed by atoms with E-state index in [9.17, 15) is 0 Å². The third-order valence-corrected chi connectivity index (χ3v) is 3.41. The summed E-state index contributed by atoms with van der Waals surface area (Å²) in [7, 11) is 0. The van der Waals surface area contributed by atoms with E-state index in [-0.39, 0.29) is 5.60 Å². The van der Waals surface area contributed by atoms with Crippen LogP contribution in [0.4, 0.5) is 0 Å². The van der Waals surface area contributed by atoms with E-state index in [2.05, 4.69) is 35.1 Å². The van der Waals surface area contributed by atoms with Crippen LogP contribution in [0.3, 0.4) is 0 Å². The topological polar surface area (TPSA) is 37.4 Å². The Morgan fingerprint density at radius 1 is 1.44 bits per heavy atom. The van der Waals surface area contributed by atoms with Crippen LogP contribution in [-0.2, 0) is 11.3 Å². The Balaban J connectivity index is 1.72. The molecule has 18 heavy (non-hydrogen) atoms. The highest BCUT2D eigenvalue weighted by atomic mass is 16.5. The van der Waals surface area contributed by atoms with Gasteiger partial charge in [0.05, 0.1) is 17.9 Å². The molecule has 1 aliphatic heterocycles. The quantitative estimate of drug-likeness (QED) is 0.790. The van der Waals surface area contributed by atoms with Crippen molar-refractivity contribution in [3.05, 3.63) is 30.1 Å². The van der Waals surface area contributed by atoms with Gasteiger partial charge in [-0.25, -0.2) is 0 Å². The number of pyridine rings is 1. The smallest absolute Gasteiger partial charge is 0.0902 e. The van der Waals surface area contributed by atoms with Gasteiger partial charge in [-0.3, -0.25) is 9.88 Å². The van der Waals surface area contributed by atoms with Gasteiger partial charge in [-0.05, 0) is 25.6 Å². The summed E-state index contributed by atoms with van der Waals surface area (Å²) >= 11 is 0. The maximum atomic E-state index is 5.91. The molecule has 2 heterocycles. The summed E-state index contributed by atoms with van der Waals surface area (Å²) in [6.45, 7) is 9.96. The zero-order valence-corrected chi connectivity index (χ0v) is 11.4. The third kappa shape index (κ3) is 3.77. The van der Waals surface area contributed by atoms with Crippen LogP contribution in [0.5, 0.6) is 0 Å². The van der Waals surface area contributed by atoms with Gasteiger partial charge in [0.1, 0.15) is 0 Å². The van der Waals surface area contributed by atoms with Gasteiger partial charge in [0.15, 0.2) is 0 Å². The Bertz CT molecular complexity index is 351. The van der Waals surface area contributed by atoms with Crippen LogP contribution in [0.2, 0.25) is 0 Å². The molecule has 1 saturated heterocycles. The van der Waals surface area contributed by atoms with Crippen molar-refractivity contribution in [1.82, 2.24) is 15.2 Å². The molecule has 1 aromatic heterocycles. The van der Waals surface area contributed by atoms with E-state index in [1.54, 1.807) is 0 Å². The van der Waals surface area contributed by atoms with Crippen LogP contribution in [0.15, 0.2) is 24.4 Å². The van der Waals surface area contributed by atoms with E-state index < -0.39 is 0 Å². The molecule has 0 spiro atoms. The number of hydrogen-bond acceptors (Lipinski definition) is 4. The fraction of sp³-hybridized carbons (Fsp3) is 0.643. The Morgan fingerprint density at radius 3 is 2.83 bits per heavy atom. The fourth-order valence-electron chi connectivity index (χ4n) is 2.07. The van der Waals surface area contributed by atoms with E-state index in [4.69, 9.17) is 4.74 Å². The first-order valence-electron chi connectivity index (χ1n) is 6.69. The zero-order chi connectivity index (χ0) is 12.8. The second kappa shape index (κ2) is 6.27. The largest absolute Gasteiger partial charge is 0.371 e. The average Bonchev–Trinajstić information content (AvgIpc) is 2.37. The molecule has 2 rings (SSSR count). The summed E-state index contributed by atoms with van der Waals surface area (Å²) < 4.78 is 5.91. The minimum Gasteiger partial charge on any atom is -0.371 e. The molecule has 4 nitrogen and oxygen atoms in total. The lowest BCUT2D eigenvalue weighted by atomic mass is 10.0. The normalized spacial score (nSPS) is 17.7. The molecule has 0 amide bonds. The number of hydrogen-bond donors (Lipinski definition) is 1. The summed E-state index contributed by atoms with van der Waals surface area (Å²) in [5.74, 6) is 0. The summed E-state index contributed by atoms with van der Waals surface area (Å²) in [5.41, 5.74) is 1.18. The predicted octanol–water partition coefficient (Wildman–Crippen LogP) is 1.28. The molecule has 100 valence electrons. The molecule has 1 aliphatic rings. The van der Waals surface area contributed by atoms with E-state index in [0.717, 1.165) is 45.0 Å². The van der Waals surface area contributed by atoms with Crippen LogP contribution >= 0.6 is 0 Å². The Hall–Kier alpha value is -0.970. The molecule has 1 aromatic rings. The van der Waals surface area contributed by atoms with Crippen LogP contribution in [0, 0.1) is 0 Å². The zero-order valence-electron chi connectivity index (χ0n) is 11.4. The van der Waals surface area contributed by atoms with E-state index >= 15 is 0 Å². The average molecular weight is 249 g/mol. The van der Waals surface area contributed by atoms with Gasteiger partial charge in [-0.2, -0.15) is 0 Å². The molecule has 0 bridgehead atoms. The van der Waals surface area contributed by atoms with Crippen molar-refractivity contribution in [1.29, 1.82) is 0 Å². The number of nitrogens with one attached hydrogen (secondary N) is 1. The SMILES string of the molecule is CCN(CCOC1(C)CNC1)Cc1ccccn1. The van der Waals surface area contributed by atoms with Gasteiger partial charge in [0.25, 0.3) is 0 Å². The molecule has 0 unspecified atom stereocenters. The lowest BCUT2D eigenvalue weighted by molar-refractivity contribution is -0.0724. The maximum absolute atomic E-state index is 5.91. The molecular weight excluding hydrogens is 226 g/mol. The maximum Gasteiger partial charge on any atom is 0.0902 e. The highest BCUT2D eigenvalue weighted by molar-refractivity contribution is 5.03. The lowest BCUT2D eigenvalue weighted by Gasteiger charge is -2.39. The Morgan fingerprint density at radius 2 is 2.28 bits per heavy atom. The highest BCUT2D eigenvalue weighted by Gasteiger charge is 2.32. The lowest BCUT2D eigenvalue weighted by Crippen LogP contribution is -2.59. The van der Waals surface area contributed by atoms with Crippen LogP contribution in [-0.4, -0.2) is 48.3 Å². The number of nitrogens with zero attached hydrogens (tertiary/aromatic N) is 2. The minimum atomic E-state index is 0.0599. The van der Waals surface area contributed by atoms with E-state index in [0.29, 0.717) is 0 Å². The molecule has 0 saturated carbocycles. The van der Waals surface area contributed by atoms with Gasteiger partial charge >= 0.3 is 0 Å². The molecule has 1 N–H and O–H groups in total. The number of likely N-dealkylation sites (N-methyl/N-ethyl adjacent to an activating group) is 1. The standard InChI is InChI=1S/C14H23N3O/c1-3-17(10-13-6-4-5-7-16-13)8-9-18-14(2)11-15-12-14/h4-7,15H,3,8-12H2,1-2H3. The van der Waals surface area contributed by atoms with Crippen molar-refractivity contribution in [2.75, 3.05) is 32.8 Å². The first kappa shape index (κ1) is 13.5. The predicted molar refractivity (Wildman–Crippen MR) is 72.4 cm³/mol. The highest BCUT2D eigenvalue weighted by Crippen LogP contribution is 2.14. The second-order valence-electron chi connectivity index (χ2n) is 5.09. The summed E-state index contributed by atoms with van der Waals surface area (Å²) in [6.07, 6.45) is 1.85. The van der Waals surface area contributed by atoms with Crippen molar-refractivity contribution in [2.24, 2.45) is 0 Å². The Labute approximate surface area is 109 Å². The monoisotopic (exact) mass is 249 g/mol. The first-order chi connectivity index (χ1) is 8.72. The van der Waals surface area contributed by atoms with E-state index in [1.165, 1.54) is 0 Å². The first-order valence-corrected chi connectivity index (χ1v) is 6.69. The van der Waals surface area contributed by atoms with Crippen LogP contribution in [0.25, 0.3) is 0 Å². The molecule has 0 atom stereocenters. The number of rotatable bonds is 7. The van der Waals surface area contributed by atoms with E-state index in [1.807, 2.05) is 18.3 Å². The Kier molecular flexibility index (Phi) is 4.69. The van der Waals surface area contributed by atoms with Crippen molar-refractivity contribution in [2.45, 2.75) is 26.0 Å². The van der Waals surface area contributed by atoms with Crippen LogP contribution in [0.1, 0.15) is 19.5 Å². The van der Waals surface area contributed by atoms with Gasteiger partial charge < -0.3 is 10.1 Å². The van der Waals surface area contributed by atoms with Crippen molar-refractivity contribution in [3.8, 4) is 0 Å². The molecule has 0 aliphatic carbocycles. The third-order valence-electron chi connectivity index (χ3n) is 3.41. The van der Waals surface area contributed by atoms with Gasteiger partial charge in [0.2, 0.25) is 0 Å². The van der Waals surface area contributed by atoms with Crippen molar-refractivity contribution < 1.29 is 4.74 Å². The van der Waals surface area contributed by atoms with Gasteiger partial charge in [-0.1, -0.05) is 13.0 Å². The van der Waals surface area contributed by atoms with Crippen LogP contribution < -0.4 is 5.32 Å². The number of ether oxygens (including phenoxy) is 1. The number of aromatic nitrogens is 1. The molecule has 1 fully saturated rings. The summed E-state index contributed by atoms with van der Waals surface area (Å²) in [4.78, 5) is 6.72. The van der Waals surface area contributed by atoms with Crippen molar-refractivity contribution in [3.63, 3.8) is 0 Å². The molecule has 0 aromatic carbocycles. The molecular formula is C14H23N3O. The molecule has 0 radical (unpaired) electrons. The van der Waals surface area contributed by atoms with Gasteiger partial charge in [0, 0.05) is 32.4 Å². The van der Waals surface area contributed by atoms with Crippen molar-refractivity contribution >= 4 is 0 Å². The van der Waals surface area contributed by atoms with Gasteiger partial charge in [-0.15, -0.1) is 0 Å².